The standard InChI is InChI=1S/C48H67N11O5.C2HF3O2/c1-2-30-58(32-26-37-16-12-17-40-39(37)35-44(62)53-40)31-15-28-51-42(60)19-10-8-6-4-3-5-7-9-11-27-50-43(61)20-14-33-63-38-23-21-36(22-24-38)25-29-52-47-55-46(49)59-48(56-47)54-45(57-59)41-18-13-34-64-41;3-2(4,5)1(6)7/h12-13,16-18,21-24,34H,2-11,14-15,19-20,25-33,35H2,1H3,(H,50,61)(H,51,60)(H,53,62)(H3,49,52,54,55,56,57);(H,6,7). The first kappa shape index (κ1) is 55.2. The Labute approximate surface area is 412 Å². The summed E-state index contributed by atoms with van der Waals surface area (Å²) in [6.07, 6.45) is 12.6. The van der Waals surface area contributed by atoms with Gasteiger partial charge >= 0.3 is 6.18 Å². The molecule has 3 aromatic heterocycles. The number of carboxylic acids is 1. The van der Waals surface area contributed by atoms with Gasteiger partial charge in [0.2, 0.25) is 35.4 Å². The molecule has 7 N–H and O–H groups in total. The first-order valence-corrected chi connectivity index (χ1v) is 24.7. The molecular weight excluding hydrogens is 924 g/mol. The van der Waals surface area contributed by atoms with Crippen LogP contribution in [0.15, 0.2) is 65.3 Å². The summed E-state index contributed by atoms with van der Waals surface area (Å²) in [5.74, 6) is -0.112. The van der Waals surface area contributed by atoms with Gasteiger partial charge in [0.25, 0.3) is 5.78 Å². The molecule has 1 unspecified atom stereocenters. The first-order valence-electron chi connectivity index (χ1n) is 24.7. The number of rotatable bonds is 31. The van der Waals surface area contributed by atoms with E-state index < -0.39 is 12.1 Å². The summed E-state index contributed by atoms with van der Waals surface area (Å²) in [6, 6.07) is 17.6. The zero-order chi connectivity index (χ0) is 50.9. The maximum Gasteiger partial charge on any atom is 0.430 e. The van der Waals surface area contributed by atoms with Crippen LogP contribution in [0.25, 0.3) is 17.4 Å². The molecule has 3 amide bonds. The normalized spacial score (nSPS) is 12.4. The van der Waals surface area contributed by atoms with Gasteiger partial charge in [-0.05, 0) is 79.1 Å². The van der Waals surface area contributed by atoms with Crippen molar-refractivity contribution in [1.29, 1.82) is 0 Å². The summed E-state index contributed by atoms with van der Waals surface area (Å²) >= 11 is 0. The van der Waals surface area contributed by atoms with Gasteiger partial charge < -0.3 is 51.0 Å². The number of carbonyl (C=O) groups is 4. The van der Waals surface area contributed by atoms with E-state index in [0.29, 0.717) is 62.1 Å². The Morgan fingerprint density at radius 3 is 2.17 bits per heavy atom. The van der Waals surface area contributed by atoms with Crippen molar-refractivity contribution in [3.8, 4) is 17.3 Å². The Balaban J connectivity index is 0.00000124. The average Bonchev–Trinajstić information content (AvgIpc) is 4.12. The van der Waals surface area contributed by atoms with Crippen LogP contribution >= 0.6 is 0 Å². The van der Waals surface area contributed by atoms with E-state index in [4.69, 9.17) is 24.8 Å². The van der Waals surface area contributed by atoms with Crippen molar-refractivity contribution in [2.75, 3.05) is 62.2 Å². The molecular formula is C50H68F3N11O7. The predicted octanol–water partition coefficient (Wildman–Crippen LogP) is 5.03. The Kier molecular flexibility index (Phi) is 22.9. The van der Waals surface area contributed by atoms with E-state index in [-0.39, 0.29) is 23.7 Å². The van der Waals surface area contributed by atoms with Crippen molar-refractivity contribution < 1.29 is 51.5 Å². The van der Waals surface area contributed by atoms with E-state index in [2.05, 4.69) is 54.3 Å². The molecule has 1 aliphatic rings. The highest BCUT2D eigenvalue weighted by molar-refractivity contribution is 5.99. The van der Waals surface area contributed by atoms with Crippen LogP contribution in [0.5, 0.6) is 5.75 Å². The summed E-state index contributed by atoms with van der Waals surface area (Å²) in [6.45, 7) is 7.95. The Morgan fingerprint density at radius 2 is 1.49 bits per heavy atom. The van der Waals surface area contributed by atoms with Gasteiger partial charge in [-0.15, -0.1) is 5.10 Å². The Hall–Kier alpha value is -6.77. The fraction of sp³-hybridized carbons (Fsp3) is 0.520. The molecule has 0 radical (unpaired) electrons. The number of nitrogen functional groups attached to an aromatic ring is 1. The van der Waals surface area contributed by atoms with Crippen molar-refractivity contribution in [3.63, 3.8) is 0 Å². The molecule has 21 heteroatoms. The number of aromatic nitrogens is 5. The molecule has 1 aliphatic heterocycles. The maximum atomic E-state index is 12.4. The molecule has 0 spiro atoms. The van der Waals surface area contributed by atoms with Crippen molar-refractivity contribution in [2.45, 2.75) is 122 Å². The lowest BCUT2D eigenvalue weighted by Crippen LogP contribution is -3.12. The lowest BCUT2D eigenvalue weighted by atomic mass is 10.0. The molecule has 386 valence electrons. The van der Waals surface area contributed by atoms with E-state index in [1.165, 1.54) is 42.2 Å². The minimum absolute atomic E-state index is 0.0720. The molecule has 18 nitrogen and oxygen atoms in total. The quantitative estimate of drug-likeness (QED) is 0.0320. The second-order valence-electron chi connectivity index (χ2n) is 17.5. The second kappa shape index (κ2) is 29.4. The SMILES string of the molecule is CCC[NH+](CCCNC(=O)CCCCCCCCCCCNC(=O)CCCOc1ccc(CCNc2nc(N)n3nc(-c4ccco4)nc3n2)cc1)CCc1cccc2c1CC(=O)N2.O=C([O-])C(F)(F)F. The number of furan rings is 1. The number of ether oxygens (including phenoxy) is 1. The molecule has 71 heavy (non-hydrogen) atoms. The lowest BCUT2D eigenvalue weighted by Gasteiger charge is -2.19. The Bertz CT molecular complexity index is 2410. The second-order valence-corrected chi connectivity index (χ2v) is 17.5. The summed E-state index contributed by atoms with van der Waals surface area (Å²) in [5.41, 5.74) is 10.6. The van der Waals surface area contributed by atoms with Crippen LogP contribution in [-0.4, -0.2) is 100 Å². The fourth-order valence-electron chi connectivity index (χ4n) is 8.10. The summed E-state index contributed by atoms with van der Waals surface area (Å²) in [7, 11) is 0. The third-order valence-corrected chi connectivity index (χ3v) is 11.8. The highest BCUT2D eigenvalue weighted by atomic mass is 19.4. The average molecular weight is 992 g/mol. The van der Waals surface area contributed by atoms with E-state index in [0.717, 1.165) is 107 Å². The number of fused-ring (bicyclic) bond motifs is 2. The number of hydrogen-bond donors (Lipinski definition) is 6. The van der Waals surface area contributed by atoms with E-state index in [1.54, 1.807) is 23.3 Å². The zero-order valence-electron chi connectivity index (χ0n) is 40.5. The first-order chi connectivity index (χ1) is 34.3. The van der Waals surface area contributed by atoms with Gasteiger partial charge in [0.05, 0.1) is 38.9 Å². The Morgan fingerprint density at radius 1 is 0.817 bits per heavy atom. The smallest absolute Gasteiger partial charge is 0.430 e. The third-order valence-electron chi connectivity index (χ3n) is 11.8. The molecule has 5 aromatic rings. The number of aliphatic carboxylic acids is 1. The van der Waals surface area contributed by atoms with Crippen LogP contribution < -0.4 is 41.7 Å². The zero-order valence-corrected chi connectivity index (χ0v) is 40.5. The van der Waals surface area contributed by atoms with E-state index >= 15 is 0 Å². The highest BCUT2D eigenvalue weighted by Crippen LogP contribution is 2.26. The summed E-state index contributed by atoms with van der Waals surface area (Å²) in [4.78, 5) is 60.0. The summed E-state index contributed by atoms with van der Waals surface area (Å²) in [5, 5.41) is 25.4. The largest absolute Gasteiger partial charge is 0.542 e. The van der Waals surface area contributed by atoms with Crippen LogP contribution in [0, 0.1) is 0 Å². The summed E-state index contributed by atoms with van der Waals surface area (Å²) < 4.78 is 44.2. The number of benzene rings is 2. The van der Waals surface area contributed by atoms with Crippen LogP contribution in [0.3, 0.4) is 0 Å². The number of unbranched alkanes of at least 4 members (excludes halogenated alkanes) is 8. The number of quaternary nitrogens is 1. The molecule has 0 saturated heterocycles. The minimum atomic E-state index is -5.19. The number of nitrogens with two attached hydrogens (primary N) is 1. The van der Waals surface area contributed by atoms with Crippen molar-refractivity contribution in [3.05, 3.63) is 77.6 Å². The number of nitrogens with one attached hydrogen (secondary N) is 5. The number of carboxylic acid groups (broad SMARTS) is 1. The topological polar surface area (TPSA) is 248 Å². The molecule has 0 bridgehead atoms. The van der Waals surface area contributed by atoms with Crippen LogP contribution in [0.2, 0.25) is 0 Å². The molecule has 1 atom stereocenters. The van der Waals surface area contributed by atoms with Crippen LogP contribution in [0.4, 0.5) is 30.8 Å². The predicted molar refractivity (Wildman–Crippen MR) is 260 cm³/mol. The van der Waals surface area contributed by atoms with Crippen molar-refractivity contribution >= 4 is 47.1 Å². The number of anilines is 3. The molecule has 0 fully saturated rings. The van der Waals surface area contributed by atoms with Gasteiger partial charge in [0, 0.05) is 51.0 Å². The van der Waals surface area contributed by atoms with E-state index in [9.17, 15) is 27.6 Å². The van der Waals surface area contributed by atoms with Gasteiger partial charge in [-0.2, -0.15) is 32.6 Å². The molecule has 4 heterocycles. The molecule has 2 aromatic carbocycles. The molecule has 6 rings (SSSR count). The van der Waals surface area contributed by atoms with Crippen molar-refractivity contribution in [2.24, 2.45) is 0 Å². The van der Waals surface area contributed by atoms with Gasteiger partial charge in [0.15, 0.2) is 5.76 Å². The monoisotopic (exact) mass is 992 g/mol. The van der Waals surface area contributed by atoms with Gasteiger partial charge in [-0.1, -0.05) is 76.1 Å². The van der Waals surface area contributed by atoms with Crippen LogP contribution in [0.1, 0.15) is 114 Å². The molecule has 0 aliphatic carbocycles. The third kappa shape index (κ3) is 19.9. The maximum absolute atomic E-state index is 12.4. The van der Waals surface area contributed by atoms with Gasteiger partial charge in [-0.3, -0.25) is 14.4 Å². The number of alkyl halides is 3. The number of halogens is 3. The van der Waals surface area contributed by atoms with Gasteiger partial charge in [-0.25, -0.2) is 0 Å². The van der Waals surface area contributed by atoms with E-state index in [1.807, 2.05) is 36.4 Å². The van der Waals surface area contributed by atoms with Crippen LogP contribution in [-0.2, 0) is 38.4 Å². The number of nitrogens with zero attached hydrogens (tertiary/aromatic N) is 5. The molecule has 0 saturated carbocycles. The fourth-order valence-corrected chi connectivity index (χ4v) is 8.10. The lowest BCUT2D eigenvalue weighted by molar-refractivity contribution is -0.900. The number of carbonyl (C=O) groups excluding carboxylic acids is 4. The van der Waals surface area contributed by atoms with Crippen molar-refractivity contribution in [1.82, 2.24) is 35.2 Å². The number of hydrogen-bond acceptors (Lipinski definition) is 13. The minimum Gasteiger partial charge on any atom is -0.542 e. The van der Waals surface area contributed by atoms with Gasteiger partial charge in [0.1, 0.15) is 11.7 Å². The number of amides is 3. The highest BCUT2D eigenvalue weighted by Gasteiger charge is 2.29.